The second kappa shape index (κ2) is 10.4. The van der Waals surface area contributed by atoms with E-state index in [4.69, 9.17) is 14.0 Å². The van der Waals surface area contributed by atoms with Gasteiger partial charge in [-0.15, -0.1) is 0 Å². The lowest BCUT2D eigenvalue weighted by molar-refractivity contribution is -0.131. The van der Waals surface area contributed by atoms with Gasteiger partial charge < -0.3 is 14.0 Å². The smallest absolute Gasteiger partial charge is 0.328 e. The van der Waals surface area contributed by atoms with Crippen LogP contribution in [-0.2, 0) is 13.6 Å². The number of carboxylic acid groups (broad SMARTS) is 1. The second-order valence-electron chi connectivity index (χ2n) is 10.8. The van der Waals surface area contributed by atoms with E-state index in [1.165, 1.54) is 0 Å². The molecule has 0 aliphatic heterocycles. The molecule has 0 bridgehead atoms. The van der Waals surface area contributed by atoms with Crippen LogP contribution in [-0.4, -0.2) is 40.4 Å². The molecule has 0 aromatic rings. The van der Waals surface area contributed by atoms with Gasteiger partial charge in [-0.3, -0.25) is 0 Å². The Morgan fingerprint density at radius 3 is 1.89 bits per heavy atom. The summed E-state index contributed by atoms with van der Waals surface area (Å²) in [6, 6.07) is 0. The monoisotopic (exact) mass is 428 g/mol. The molecule has 0 radical (unpaired) electrons. The maximum atomic E-state index is 10.6. The molecule has 0 unspecified atom stereocenters. The summed E-state index contributed by atoms with van der Waals surface area (Å²) in [5.41, 5.74) is 0. The van der Waals surface area contributed by atoms with Gasteiger partial charge in [0.15, 0.2) is 16.6 Å². The zero-order valence-electron chi connectivity index (χ0n) is 20.1. The molecule has 164 valence electrons. The van der Waals surface area contributed by atoms with Gasteiger partial charge in [0, 0.05) is 12.7 Å². The lowest BCUT2D eigenvalue weighted by Gasteiger charge is -2.41. The Bertz CT molecular complexity index is 552. The van der Waals surface area contributed by atoms with Crippen LogP contribution < -0.4 is 0 Å². The summed E-state index contributed by atoms with van der Waals surface area (Å²) in [4.78, 5) is 10.6. The van der Waals surface area contributed by atoms with Crippen molar-refractivity contribution in [2.24, 2.45) is 5.92 Å². The molecule has 0 aromatic carbocycles. The maximum absolute atomic E-state index is 10.6. The van der Waals surface area contributed by atoms with Crippen molar-refractivity contribution in [1.29, 1.82) is 0 Å². The minimum Gasteiger partial charge on any atom is -0.478 e. The normalized spacial score (nSPS) is 16.7. The molecule has 0 amide bonds. The fraction of sp³-hybridized carbons (Fsp3) is 0.773. The molecule has 4 nitrogen and oxygen atoms in total. The van der Waals surface area contributed by atoms with Crippen molar-refractivity contribution >= 4 is 22.6 Å². The van der Waals surface area contributed by atoms with Crippen LogP contribution in [0.2, 0.25) is 36.3 Å². The van der Waals surface area contributed by atoms with E-state index in [9.17, 15) is 4.79 Å². The molecule has 0 heterocycles. The highest BCUT2D eigenvalue weighted by atomic mass is 28.4. The van der Waals surface area contributed by atoms with Crippen molar-refractivity contribution in [3.8, 4) is 0 Å². The number of hydrogen-bond donors (Lipinski definition) is 1. The first-order valence-electron chi connectivity index (χ1n) is 10.3. The van der Waals surface area contributed by atoms with E-state index in [-0.39, 0.29) is 22.1 Å². The third kappa shape index (κ3) is 9.20. The molecule has 28 heavy (non-hydrogen) atoms. The summed E-state index contributed by atoms with van der Waals surface area (Å²) < 4.78 is 13.1. The topological polar surface area (TPSA) is 55.8 Å². The van der Waals surface area contributed by atoms with Gasteiger partial charge in [-0.1, -0.05) is 66.7 Å². The van der Waals surface area contributed by atoms with Crippen molar-refractivity contribution in [3.05, 3.63) is 24.3 Å². The fourth-order valence-corrected chi connectivity index (χ4v) is 4.64. The van der Waals surface area contributed by atoms with Gasteiger partial charge in [0.1, 0.15) is 0 Å². The standard InChI is InChI=1S/C22H44O4Si2/c1-18(14-12-13-15-20(23)24)19(26-28(10,11)22(5,6)7)16-17-25-27(8,9)21(2,3)4/h12-15,18-19H,16-17H2,1-11H3,(H,23,24)/b14-12+,15-13-/t18-,19+/m1/s1. The molecule has 0 aliphatic rings. The van der Waals surface area contributed by atoms with Crippen LogP contribution in [0.15, 0.2) is 24.3 Å². The van der Waals surface area contributed by atoms with Crippen LogP contribution >= 0.6 is 0 Å². The largest absolute Gasteiger partial charge is 0.478 e. The van der Waals surface area contributed by atoms with Gasteiger partial charge in [0.2, 0.25) is 0 Å². The minimum atomic E-state index is -1.92. The van der Waals surface area contributed by atoms with E-state index in [2.05, 4.69) is 74.7 Å². The Hall–Kier alpha value is -0.696. The molecule has 0 aliphatic carbocycles. The number of carboxylic acids is 1. The number of rotatable bonds is 10. The van der Waals surface area contributed by atoms with Crippen LogP contribution in [0, 0.1) is 5.92 Å². The summed E-state index contributed by atoms with van der Waals surface area (Å²) >= 11 is 0. The zero-order chi connectivity index (χ0) is 22.4. The average molecular weight is 429 g/mol. The number of hydrogen-bond acceptors (Lipinski definition) is 3. The molecule has 0 rings (SSSR count). The highest BCUT2D eigenvalue weighted by molar-refractivity contribution is 6.74. The van der Waals surface area contributed by atoms with Gasteiger partial charge >= 0.3 is 5.97 Å². The Balaban J connectivity index is 5.26. The van der Waals surface area contributed by atoms with E-state index in [0.29, 0.717) is 6.61 Å². The summed E-state index contributed by atoms with van der Waals surface area (Å²) in [5.74, 6) is -0.760. The Morgan fingerprint density at radius 2 is 1.46 bits per heavy atom. The predicted octanol–water partition coefficient (Wildman–Crippen LogP) is 6.62. The molecule has 0 saturated carbocycles. The fourth-order valence-electron chi connectivity index (χ4n) is 2.13. The third-order valence-electron chi connectivity index (χ3n) is 6.27. The SMILES string of the molecule is C[C@H](/C=C/C=C\C(=O)O)[C@H](CCO[Si](C)(C)C(C)(C)C)O[Si](C)(C)C(C)(C)C. The summed E-state index contributed by atoms with van der Waals surface area (Å²) in [5, 5.41) is 9.06. The number of aliphatic carboxylic acids is 1. The average Bonchev–Trinajstić information content (AvgIpc) is 2.47. The van der Waals surface area contributed by atoms with Crippen molar-refractivity contribution in [1.82, 2.24) is 0 Å². The Morgan fingerprint density at radius 1 is 0.964 bits per heavy atom. The number of allylic oxidation sites excluding steroid dienone is 2. The molecule has 0 saturated heterocycles. The first kappa shape index (κ1) is 27.3. The van der Waals surface area contributed by atoms with Crippen molar-refractivity contribution < 1.29 is 18.8 Å². The molecule has 2 atom stereocenters. The maximum Gasteiger partial charge on any atom is 0.328 e. The van der Waals surface area contributed by atoms with E-state index in [0.717, 1.165) is 12.5 Å². The highest BCUT2D eigenvalue weighted by Gasteiger charge is 2.40. The van der Waals surface area contributed by atoms with Crippen molar-refractivity contribution in [2.75, 3.05) is 6.61 Å². The second-order valence-corrected chi connectivity index (χ2v) is 20.3. The Kier molecular flexibility index (Phi) is 10.1. The van der Waals surface area contributed by atoms with Gasteiger partial charge in [-0.2, -0.15) is 0 Å². The molecule has 0 fully saturated rings. The van der Waals surface area contributed by atoms with Crippen LogP contribution in [0.1, 0.15) is 54.9 Å². The first-order valence-corrected chi connectivity index (χ1v) is 16.1. The van der Waals surface area contributed by atoms with E-state index in [1.807, 2.05) is 6.08 Å². The lowest BCUT2D eigenvalue weighted by Crippen LogP contribution is -2.46. The predicted molar refractivity (Wildman–Crippen MR) is 125 cm³/mol. The quantitative estimate of drug-likeness (QED) is 0.241. The van der Waals surface area contributed by atoms with Crippen LogP contribution in [0.3, 0.4) is 0 Å². The van der Waals surface area contributed by atoms with E-state index < -0.39 is 22.6 Å². The molecule has 1 N–H and O–H groups in total. The molecular weight excluding hydrogens is 384 g/mol. The Labute approximate surface area is 175 Å². The summed E-state index contributed by atoms with van der Waals surface area (Å²) in [7, 11) is -3.70. The molecule has 6 heteroatoms. The van der Waals surface area contributed by atoms with E-state index in [1.54, 1.807) is 12.2 Å². The number of carbonyl (C=O) groups is 1. The van der Waals surface area contributed by atoms with Crippen LogP contribution in [0.4, 0.5) is 0 Å². The summed E-state index contributed by atoms with van der Waals surface area (Å²) in [6.07, 6.45) is 7.44. The van der Waals surface area contributed by atoms with Gasteiger partial charge in [-0.05, 0) is 48.6 Å². The highest BCUT2D eigenvalue weighted by Crippen LogP contribution is 2.39. The van der Waals surface area contributed by atoms with Gasteiger partial charge in [0.05, 0.1) is 6.10 Å². The molecule has 0 spiro atoms. The van der Waals surface area contributed by atoms with E-state index >= 15 is 0 Å². The molecular formula is C22H44O4Si2. The van der Waals surface area contributed by atoms with Crippen LogP contribution in [0.5, 0.6) is 0 Å². The third-order valence-corrected chi connectivity index (χ3v) is 15.3. The van der Waals surface area contributed by atoms with Gasteiger partial charge in [0.25, 0.3) is 0 Å². The minimum absolute atomic E-state index is 0.0557. The first-order chi connectivity index (χ1) is 12.4. The van der Waals surface area contributed by atoms with Crippen molar-refractivity contribution in [2.45, 2.75) is 97.3 Å². The summed E-state index contributed by atoms with van der Waals surface area (Å²) in [6.45, 7) is 25.4. The van der Waals surface area contributed by atoms with Crippen LogP contribution in [0.25, 0.3) is 0 Å². The lowest BCUT2D eigenvalue weighted by atomic mass is 10.0. The zero-order valence-corrected chi connectivity index (χ0v) is 22.1. The van der Waals surface area contributed by atoms with Gasteiger partial charge in [-0.25, -0.2) is 4.79 Å². The molecule has 0 aromatic heterocycles. The van der Waals surface area contributed by atoms with Crippen molar-refractivity contribution in [3.63, 3.8) is 0 Å².